The highest BCUT2D eigenvalue weighted by Crippen LogP contribution is 2.14. The van der Waals surface area contributed by atoms with Crippen molar-refractivity contribution in [1.29, 1.82) is 0 Å². The predicted octanol–water partition coefficient (Wildman–Crippen LogP) is 0.372. The van der Waals surface area contributed by atoms with Crippen molar-refractivity contribution in [2.75, 3.05) is 0 Å². The molecular weight excluding hydrogens is 416 g/mol. The zero-order chi connectivity index (χ0) is 25.2. The summed E-state index contributed by atoms with van der Waals surface area (Å²) in [7, 11) is 0. The molecule has 10 heteroatoms. The minimum atomic E-state index is -1.20. The highest BCUT2D eigenvalue weighted by atomic mass is 16.4. The van der Waals surface area contributed by atoms with E-state index in [1.165, 1.54) is 6.92 Å². The van der Waals surface area contributed by atoms with Crippen LogP contribution in [0.3, 0.4) is 0 Å². The normalized spacial score (nSPS) is 18.8. The molecule has 0 heterocycles. The molecule has 0 bridgehead atoms. The zero-order valence-electron chi connectivity index (χ0n) is 20.3. The van der Waals surface area contributed by atoms with Crippen molar-refractivity contribution in [2.45, 2.75) is 98.0 Å². The van der Waals surface area contributed by atoms with E-state index in [4.69, 9.17) is 5.73 Å². The van der Waals surface area contributed by atoms with Crippen molar-refractivity contribution in [3.63, 3.8) is 0 Å². The minimum Gasteiger partial charge on any atom is -0.480 e. The number of carboxylic acid groups (broad SMARTS) is 1. The van der Waals surface area contributed by atoms with Crippen LogP contribution in [0.25, 0.3) is 0 Å². The summed E-state index contributed by atoms with van der Waals surface area (Å²) in [6, 6.07) is -4.23. The molecule has 0 saturated heterocycles. The monoisotopic (exact) mass is 458 g/mol. The van der Waals surface area contributed by atoms with Gasteiger partial charge in [-0.3, -0.25) is 14.4 Å². The van der Waals surface area contributed by atoms with Crippen molar-refractivity contribution >= 4 is 23.7 Å². The van der Waals surface area contributed by atoms with Gasteiger partial charge in [0, 0.05) is 0 Å². The first kappa shape index (κ1) is 29.8. The molecule has 0 radical (unpaired) electrons. The maximum atomic E-state index is 13.1. The van der Waals surface area contributed by atoms with Gasteiger partial charge in [-0.1, -0.05) is 60.8 Å². The van der Waals surface area contributed by atoms with Gasteiger partial charge < -0.3 is 31.9 Å². The Bertz CT molecular complexity index is 642. The average Bonchev–Trinajstić information content (AvgIpc) is 2.76. The van der Waals surface area contributed by atoms with Gasteiger partial charge in [0.05, 0.1) is 6.10 Å². The molecule has 0 aromatic rings. The van der Waals surface area contributed by atoms with Gasteiger partial charge in [0.2, 0.25) is 17.7 Å². The van der Waals surface area contributed by atoms with E-state index in [1.54, 1.807) is 20.8 Å². The summed E-state index contributed by atoms with van der Waals surface area (Å²) >= 11 is 0. The van der Waals surface area contributed by atoms with Gasteiger partial charge in [0.15, 0.2) is 0 Å². The van der Waals surface area contributed by atoms with Gasteiger partial charge in [-0.2, -0.15) is 0 Å². The summed E-state index contributed by atoms with van der Waals surface area (Å²) in [5.74, 6) is -3.81. The molecule has 0 aromatic heterocycles. The number of aliphatic hydroxyl groups is 1. The summed E-state index contributed by atoms with van der Waals surface area (Å²) in [5, 5.41) is 26.9. The van der Waals surface area contributed by atoms with Gasteiger partial charge in [0.25, 0.3) is 0 Å². The lowest BCUT2D eigenvalue weighted by Crippen LogP contribution is -2.61. The van der Waals surface area contributed by atoms with Crippen molar-refractivity contribution in [2.24, 2.45) is 23.5 Å². The lowest BCUT2D eigenvalue weighted by atomic mass is 9.93. The van der Waals surface area contributed by atoms with Crippen LogP contribution in [0, 0.1) is 17.8 Å². The Kier molecular flexibility index (Phi) is 13.1. The summed E-state index contributed by atoms with van der Waals surface area (Å²) in [6.45, 7) is 12.2. The van der Waals surface area contributed by atoms with Crippen molar-refractivity contribution in [3.05, 3.63) is 0 Å². The maximum absolute atomic E-state index is 13.1. The molecule has 0 rings (SSSR count). The van der Waals surface area contributed by atoms with E-state index in [9.17, 15) is 29.4 Å². The Balaban J connectivity index is 5.67. The first-order chi connectivity index (χ1) is 14.8. The van der Waals surface area contributed by atoms with E-state index < -0.39 is 54.0 Å². The maximum Gasteiger partial charge on any atom is 0.326 e. The van der Waals surface area contributed by atoms with Crippen LogP contribution in [0.4, 0.5) is 0 Å². The summed E-state index contributed by atoms with van der Waals surface area (Å²) < 4.78 is 0. The van der Waals surface area contributed by atoms with E-state index in [1.807, 2.05) is 20.8 Å². The fraction of sp³-hybridized carbons (Fsp3) is 0.818. The second-order valence-corrected chi connectivity index (χ2v) is 8.72. The molecule has 0 aliphatic heterocycles. The van der Waals surface area contributed by atoms with Crippen molar-refractivity contribution < 1.29 is 29.4 Å². The Morgan fingerprint density at radius 2 is 1.00 bits per heavy atom. The third kappa shape index (κ3) is 8.74. The zero-order valence-corrected chi connectivity index (χ0v) is 20.3. The molecule has 186 valence electrons. The predicted molar refractivity (Wildman–Crippen MR) is 121 cm³/mol. The standard InChI is InChI=1S/C22H42N4O6/c1-8-11(4)16(24-19(28)15(23)14(7)27)20(29)25-17(12(5)9-2)21(30)26-18(22(31)32)13(6)10-3/h11-18,27H,8-10,23H2,1-7H3,(H,24,28)(H,25,29)(H,26,30)(H,31,32). The van der Waals surface area contributed by atoms with Crippen LogP contribution in [0.15, 0.2) is 0 Å². The SMILES string of the molecule is CCC(C)C(NC(=O)C(NC(=O)C(NC(=O)C(N)C(C)O)C(C)CC)C(C)CC)C(=O)O. The smallest absolute Gasteiger partial charge is 0.326 e. The van der Waals surface area contributed by atoms with Gasteiger partial charge >= 0.3 is 5.97 Å². The second kappa shape index (κ2) is 14.1. The summed E-state index contributed by atoms with van der Waals surface area (Å²) in [5.41, 5.74) is 5.68. The summed E-state index contributed by atoms with van der Waals surface area (Å²) in [4.78, 5) is 50.0. The van der Waals surface area contributed by atoms with E-state index in [2.05, 4.69) is 16.0 Å². The van der Waals surface area contributed by atoms with Gasteiger partial charge in [0.1, 0.15) is 24.2 Å². The van der Waals surface area contributed by atoms with Crippen LogP contribution >= 0.6 is 0 Å². The Labute approximate surface area is 191 Å². The van der Waals surface area contributed by atoms with E-state index in [0.29, 0.717) is 19.3 Å². The quantitative estimate of drug-likeness (QED) is 0.218. The number of carboxylic acids is 1. The number of amides is 3. The molecule has 10 nitrogen and oxygen atoms in total. The fourth-order valence-corrected chi connectivity index (χ4v) is 3.04. The van der Waals surface area contributed by atoms with Crippen LogP contribution in [-0.2, 0) is 19.2 Å². The number of hydrogen-bond donors (Lipinski definition) is 6. The third-order valence-corrected chi connectivity index (χ3v) is 6.19. The van der Waals surface area contributed by atoms with Crippen LogP contribution in [0.2, 0.25) is 0 Å². The lowest BCUT2D eigenvalue weighted by Gasteiger charge is -2.31. The Hall–Kier alpha value is -2.20. The molecule has 8 atom stereocenters. The van der Waals surface area contributed by atoms with Crippen LogP contribution in [0.5, 0.6) is 0 Å². The summed E-state index contributed by atoms with van der Waals surface area (Å²) in [6.07, 6.45) is 0.593. The van der Waals surface area contributed by atoms with Gasteiger partial charge in [-0.25, -0.2) is 4.79 Å². The largest absolute Gasteiger partial charge is 0.480 e. The molecule has 3 amide bonds. The van der Waals surface area contributed by atoms with Crippen molar-refractivity contribution in [1.82, 2.24) is 16.0 Å². The lowest BCUT2D eigenvalue weighted by molar-refractivity contribution is -0.144. The molecule has 0 spiro atoms. The molecule has 0 aliphatic carbocycles. The minimum absolute atomic E-state index is 0.271. The van der Waals surface area contributed by atoms with E-state index in [0.717, 1.165) is 0 Å². The first-order valence-electron chi connectivity index (χ1n) is 11.4. The number of nitrogens with one attached hydrogen (secondary N) is 3. The van der Waals surface area contributed by atoms with Gasteiger partial charge in [-0.15, -0.1) is 0 Å². The molecule has 32 heavy (non-hydrogen) atoms. The molecule has 8 unspecified atom stereocenters. The molecule has 7 N–H and O–H groups in total. The Morgan fingerprint density at radius 1 is 0.688 bits per heavy atom. The number of hydrogen-bond acceptors (Lipinski definition) is 6. The number of rotatable bonds is 14. The van der Waals surface area contributed by atoms with Crippen molar-refractivity contribution in [3.8, 4) is 0 Å². The van der Waals surface area contributed by atoms with Crippen LogP contribution in [-0.4, -0.2) is 64.2 Å². The first-order valence-corrected chi connectivity index (χ1v) is 11.4. The number of aliphatic carboxylic acids is 1. The van der Waals surface area contributed by atoms with Crippen LogP contribution < -0.4 is 21.7 Å². The number of nitrogens with two attached hydrogens (primary N) is 1. The number of carbonyl (C=O) groups is 4. The third-order valence-electron chi connectivity index (χ3n) is 6.19. The highest BCUT2D eigenvalue weighted by molar-refractivity contribution is 5.94. The number of aliphatic hydroxyl groups excluding tert-OH is 1. The number of carbonyl (C=O) groups excluding carboxylic acids is 3. The fourth-order valence-electron chi connectivity index (χ4n) is 3.04. The second-order valence-electron chi connectivity index (χ2n) is 8.72. The van der Waals surface area contributed by atoms with Gasteiger partial charge in [-0.05, 0) is 24.7 Å². The van der Waals surface area contributed by atoms with E-state index in [-0.39, 0.29) is 17.8 Å². The molecule has 0 fully saturated rings. The topological polar surface area (TPSA) is 171 Å². The average molecular weight is 459 g/mol. The molecule has 0 aliphatic rings. The Morgan fingerprint density at radius 3 is 1.31 bits per heavy atom. The van der Waals surface area contributed by atoms with E-state index >= 15 is 0 Å². The molecule has 0 saturated carbocycles. The molecule has 0 aromatic carbocycles. The highest BCUT2D eigenvalue weighted by Gasteiger charge is 2.35. The molecular formula is C22H42N4O6. The van der Waals surface area contributed by atoms with Crippen LogP contribution in [0.1, 0.15) is 67.7 Å².